The highest BCUT2D eigenvalue weighted by Gasteiger charge is 2.38. The number of ether oxygens (including phenoxy) is 1. The monoisotopic (exact) mass is 582 g/mol. The molecule has 2 aliphatic rings. The van der Waals surface area contributed by atoms with Crippen LogP contribution in [0.25, 0.3) is 11.3 Å². The number of rotatable bonds is 10. The van der Waals surface area contributed by atoms with E-state index in [2.05, 4.69) is 59.3 Å². The van der Waals surface area contributed by atoms with Crippen molar-refractivity contribution >= 4 is 29.0 Å². The van der Waals surface area contributed by atoms with Crippen LogP contribution < -0.4 is 20.7 Å². The fraction of sp³-hybridized carbons (Fsp3) is 0.367. The number of aromatic nitrogens is 6. The van der Waals surface area contributed by atoms with Gasteiger partial charge in [-0.15, -0.1) is 15.3 Å². The van der Waals surface area contributed by atoms with Crippen molar-refractivity contribution in [2.24, 2.45) is 5.92 Å². The first-order chi connectivity index (χ1) is 20.8. The summed E-state index contributed by atoms with van der Waals surface area (Å²) in [6, 6.07) is 13.7. The molecule has 0 spiro atoms. The maximum absolute atomic E-state index is 12.6. The van der Waals surface area contributed by atoms with Gasteiger partial charge in [-0.3, -0.25) is 19.5 Å². The zero-order valence-electron chi connectivity index (χ0n) is 24.5. The number of anilines is 3. The van der Waals surface area contributed by atoms with Gasteiger partial charge in [0, 0.05) is 49.4 Å². The Kier molecular flexibility index (Phi) is 7.72. The van der Waals surface area contributed by atoms with Gasteiger partial charge in [-0.1, -0.05) is 17.3 Å². The van der Waals surface area contributed by atoms with Crippen molar-refractivity contribution < 1.29 is 14.3 Å². The molecule has 43 heavy (non-hydrogen) atoms. The second-order valence-corrected chi connectivity index (χ2v) is 10.9. The molecule has 6 rings (SSSR count). The number of likely N-dealkylation sites (tertiary alicyclic amines) is 1. The number of hydrogen-bond acceptors (Lipinski definition) is 10. The van der Waals surface area contributed by atoms with E-state index >= 15 is 0 Å². The van der Waals surface area contributed by atoms with Crippen LogP contribution in [0.4, 0.5) is 17.2 Å². The van der Waals surface area contributed by atoms with Crippen molar-refractivity contribution in [1.82, 2.24) is 40.4 Å². The fourth-order valence-electron chi connectivity index (χ4n) is 5.25. The lowest BCUT2D eigenvalue weighted by Gasteiger charge is -2.45. The Morgan fingerprint density at radius 1 is 1.07 bits per heavy atom. The normalized spacial score (nSPS) is 18.0. The number of carbonyl (C=O) groups is 2. The molecule has 1 aromatic carbocycles. The van der Waals surface area contributed by atoms with E-state index < -0.39 is 5.91 Å². The number of para-hydroxylation sites is 1. The first-order valence-corrected chi connectivity index (χ1v) is 14.3. The molecule has 1 saturated heterocycles. The maximum Gasteiger partial charge on any atom is 0.273 e. The van der Waals surface area contributed by atoms with E-state index in [9.17, 15) is 9.59 Å². The maximum atomic E-state index is 12.6. The Balaban J connectivity index is 1.22. The molecule has 222 valence electrons. The molecule has 3 aromatic heterocycles. The third-order valence-corrected chi connectivity index (χ3v) is 7.92. The molecule has 0 unspecified atom stereocenters. The van der Waals surface area contributed by atoms with Crippen LogP contribution in [-0.4, -0.2) is 73.6 Å². The Labute approximate surface area is 249 Å². The molecule has 2 atom stereocenters. The topological polar surface area (TPSA) is 152 Å². The number of aryl methyl sites for hydroxylation is 1. The third-order valence-electron chi connectivity index (χ3n) is 7.92. The Bertz CT molecular complexity index is 1670. The van der Waals surface area contributed by atoms with E-state index in [0.29, 0.717) is 22.8 Å². The molecule has 0 radical (unpaired) electrons. The molecule has 13 heteroatoms. The molecular weight excluding hydrogens is 548 g/mol. The average molecular weight is 583 g/mol. The van der Waals surface area contributed by atoms with E-state index in [1.54, 1.807) is 13.2 Å². The number of nitrogens with zero attached hydrogens (tertiary/aromatic N) is 7. The number of amides is 2. The van der Waals surface area contributed by atoms with Crippen molar-refractivity contribution in [2.75, 3.05) is 31.3 Å². The van der Waals surface area contributed by atoms with Gasteiger partial charge < -0.3 is 20.7 Å². The van der Waals surface area contributed by atoms with E-state index in [1.807, 2.05) is 48.1 Å². The first kappa shape index (κ1) is 28.2. The molecule has 1 saturated carbocycles. The fourth-order valence-corrected chi connectivity index (χ4v) is 5.25. The van der Waals surface area contributed by atoms with Gasteiger partial charge >= 0.3 is 0 Å². The predicted octanol–water partition coefficient (Wildman–Crippen LogP) is 3.34. The number of nitrogens with one attached hydrogen (secondary N) is 3. The molecule has 2 amide bonds. The summed E-state index contributed by atoms with van der Waals surface area (Å²) in [6.07, 6.45) is 3.65. The van der Waals surface area contributed by atoms with E-state index in [0.717, 1.165) is 42.9 Å². The van der Waals surface area contributed by atoms with Crippen LogP contribution >= 0.6 is 0 Å². The quantitative estimate of drug-likeness (QED) is 0.254. The summed E-state index contributed by atoms with van der Waals surface area (Å²) in [6.45, 7) is 5.82. The van der Waals surface area contributed by atoms with Crippen molar-refractivity contribution in [1.29, 1.82) is 0 Å². The first-order valence-electron chi connectivity index (χ1n) is 14.3. The van der Waals surface area contributed by atoms with Gasteiger partial charge in [-0.25, -0.2) is 4.68 Å². The van der Waals surface area contributed by atoms with Crippen LogP contribution in [0.1, 0.15) is 47.7 Å². The lowest BCUT2D eigenvalue weighted by atomic mass is 9.98. The van der Waals surface area contributed by atoms with E-state index in [1.165, 1.54) is 7.05 Å². The minimum absolute atomic E-state index is 0.00171. The van der Waals surface area contributed by atoms with Crippen LogP contribution in [0.5, 0.6) is 5.75 Å². The summed E-state index contributed by atoms with van der Waals surface area (Å²) in [5.41, 5.74) is 4.49. The summed E-state index contributed by atoms with van der Waals surface area (Å²) in [7, 11) is 3.09. The third kappa shape index (κ3) is 5.89. The number of methoxy groups -OCH3 is 1. The Morgan fingerprint density at radius 2 is 1.88 bits per heavy atom. The molecule has 0 bridgehead atoms. The number of carbonyl (C=O) groups excluding carboxylic acids is 2. The molecule has 3 N–H and O–H groups in total. The van der Waals surface area contributed by atoms with Gasteiger partial charge in [0.2, 0.25) is 5.91 Å². The molecule has 2 fully saturated rings. The van der Waals surface area contributed by atoms with Crippen LogP contribution in [0, 0.1) is 12.8 Å². The summed E-state index contributed by atoms with van der Waals surface area (Å²) >= 11 is 0. The highest BCUT2D eigenvalue weighted by Crippen LogP contribution is 2.39. The van der Waals surface area contributed by atoms with Gasteiger partial charge in [0.1, 0.15) is 5.69 Å². The van der Waals surface area contributed by atoms with Crippen LogP contribution in [0.15, 0.2) is 48.7 Å². The predicted molar refractivity (Wildman–Crippen MR) is 160 cm³/mol. The Hall–Kier alpha value is -4.91. The highest BCUT2D eigenvalue weighted by atomic mass is 16.5. The largest absolute Gasteiger partial charge is 0.494 e. The standard InChI is InChI=1S/C30H34N10O3/c1-17-7-5-8-20(32-17)14-39-16-25(18(39)2)40-15-24(35-38-40)21-9-6-10-22(28(21)43-4)33-23-13-26(34-29(41)19-11-12-19)36-37-27(23)30(42)31-3/h5-10,13,15,18-19,25H,11-12,14,16H2,1-4H3,(H,31,42)(H2,33,34,36,41)/t18-,25+/m1/s1. The van der Waals surface area contributed by atoms with Gasteiger partial charge in [-0.05, 0) is 51.0 Å². The molecule has 4 heterocycles. The summed E-state index contributed by atoms with van der Waals surface area (Å²) in [4.78, 5) is 31.9. The van der Waals surface area contributed by atoms with Gasteiger partial charge in [0.15, 0.2) is 17.3 Å². The van der Waals surface area contributed by atoms with Gasteiger partial charge in [-0.2, -0.15) is 0 Å². The smallest absolute Gasteiger partial charge is 0.273 e. The molecule has 1 aliphatic carbocycles. The SMILES string of the molecule is CNC(=O)c1nnc(NC(=O)C2CC2)cc1Nc1cccc(-c2cn([C@H]3CN(Cc4cccc(C)n4)[C@@H]3C)nn2)c1OC. The minimum Gasteiger partial charge on any atom is -0.494 e. The van der Waals surface area contributed by atoms with Crippen molar-refractivity contribution in [3.05, 3.63) is 65.7 Å². The number of benzene rings is 1. The van der Waals surface area contributed by atoms with Crippen LogP contribution in [0.2, 0.25) is 0 Å². The van der Waals surface area contributed by atoms with Gasteiger partial charge in [0.25, 0.3) is 5.91 Å². The summed E-state index contributed by atoms with van der Waals surface area (Å²) in [5.74, 6) is 0.248. The van der Waals surface area contributed by atoms with E-state index in [-0.39, 0.29) is 35.4 Å². The molecular formula is C30H34N10O3. The van der Waals surface area contributed by atoms with Crippen molar-refractivity contribution in [2.45, 2.75) is 45.3 Å². The van der Waals surface area contributed by atoms with E-state index in [4.69, 9.17) is 4.74 Å². The number of hydrogen-bond donors (Lipinski definition) is 3. The lowest BCUT2D eigenvalue weighted by Crippen LogP contribution is -2.54. The van der Waals surface area contributed by atoms with Crippen LogP contribution in [0.3, 0.4) is 0 Å². The average Bonchev–Trinajstić information content (AvgIpc) is 3.76. The zero-order valence-corrected chi connectivity index (χ0v) is 24.5. The van der Waals surface area contributed by atoms with Crippen LogP contribution in [-0.2, 0) is 11.3 Å². The molecule has 4 aromatic rings. The van der Waals surface area contributed by atoms with Gasteiger partial charge in [0.05, 0.1) is 36.4 Å². The second-order valence-electron chi connectivity index (χ2n) is 10.9. The Morgan fingerprint density at radius 3 is 2.60 bits per heavy atom. The highest BCUT2D eigenvalue weighted by molar-refractivity contribution is 6.00. The summed E-state index contributed by atoms with van der Waals surface area (Å²) in [5, 5.41) is 25.7. The minimum atomic E-state index is -0.421. The van der Waals surface area contributed by atoms with Crippen molar-refractivity contribution in [3.63, 3.8) is 0 Å². The van der Waals surface area contributed by atoms with Crippen molar-refractivity contribution in [3.8, 4) is 17.0 Å². The summed E-state index contributed by atoms with van der Waals surface area (Å²) < 4.78 is 7.74. The molecule has 13 nitrogen and oxygen atoms in total. The number of pyridine rings is 1. The molecule has 1 aliphatic heterocycles. The second kappa shape index (κ2) is 11.8. The lowest BCUT2D eigenvalue weighted by molar-refractivity contribution is -0.117. The zero-order chi connectivity index (χ0) is 30.1.